The lowest BCUT2D eigenvalue weighted by Crippen LogP contribution is -2.32. The first kappa shape index (κ1) is 10.8. The Morgan fingerprint density at radius 2 is 2.21 bits per heavy atom. The van der Waals surface area contributed by atoms with Gasteiger partial charge in [0.1, 0.15) is 17.6 Å². The summed E-state index contributed by atoms with van der Waals surface area (Å²) in [6.45, 7) is 2.06. The van der Waals surface area contributed by atoms with E-state index in [4.69, 9.17) is 15.3 Å². The fraction of sp³-hybridized carbons (Fsp3) is 0.500. The number of rotatable bonds is 5. The molecule has 0 saturated heterocycles. The van der Waals surface area contributed by atoms with Gasteiger partial charge in [-0.15, -0.1) is 0 Å². The van der Waals surface area contributed by atoms with Gasteiger partial charge in [0.2, 0.25) is 0 Å². The summed E-state index contributed by atoms with van der Waals surface area (Å²) in [7, 11) is 0. The third-order valence-corrected chi connectivity index (χ3v) is 1.95. The molecule has 1 heterocycles. The summed E-state index contributed by atoms with van der Waals surface area (Å²) >= 11 is 0. The molecule has 0 saturated carbocycles. The maximum atomic E-state index is 10.5. The second kappa shape index (κ2) is 4.81. The van der Waals surface area contributed by atoms with Gasteiger partial charge in [-0.1, -0.05) is 6.92 Å². The number of hydrogen-bond donors (Lipinski definition) is 2. The van der Waals surface area contributed by atoms with Gasteiger partial charge < -0.3 is 15.3 Å². The predicted octanol–water partition coefficient (Wildman–Crippen LogP) is 1.19. The average Bonchev–Trinajstić information content (AvgIpc) is 2.53. The van der Waals surface area contributed by atoms with Crippen molar-refractivity contribution in [2.24, 2.45) is 5.73 Å². The van der Waals surface area contributed by atoms with Gasteiger partial charge in [-0.3, -0.25) is 4.79 Å². The molecule has 0 aliphatic carbocycles. The van der Waals surface area contributed by atoms with Gasteiger partial charge in [0.15, 0.2) is 0 Å². The van der Waals surface area contributed by atoms with Crippen molar-refractivity contribution in [1.29, 1.82) is 0 Å². The lowest BCUT2D eigenvalue weighted by atomic mass is 10.2. The van der Waals surface area contributed by atoms with E-state index in [2.05, 4.69) is 6.92 Å². The molecule has 14 heavy (non-hydrogen) atoms. The number of hydrogen-bond acceptors (Lipinski definition) is 3. The number of nitrogens with two attached hydrogens (primary N) is 1. The van der Waals surface area contributed by atoms with Gasteiger partial charge in [-0.05, 0) is 18.6 Å². The van der Waals surface area contributed by atoms with Crippen LogP contribution in [0.4, 0.5) is 0 Å². The number of aliphatic carboxylic acids is 1. The van der Waals surface area contributed by atoms with Gasteiger partial charge in [0.05, 0.1) is 0 Å². The zero-order valence-corrected chi connectivity index (χ0v) is 8.19. The molecule has 0 aliphatic heterocycles. The number of carboxylic acids is 1. The molecule has 1 unspecified atom stereocenters. The van der Waals surface area contributed by atoms with Gasteiger partial charge >= 0.3 is 5.97 Å². The monoisotopic (exact) mass is 197 g/mol. The fourth-order valence-electron chi connectivity index (χ4n) is 1.22. The van der Waals surface area contributed by atoms with Crippen molar-refractivity contribution < 1.29 is 14.3 Å². The van der Waals surface area contributed by atoms with Crippen molar-refractivity contribution >= 4 is 5.97 Å². The SMILES string of the molecule is CCCc1ccc(CC(N)C(=O)O)o1. The minimum Gasteiger partial charge on any atom is -0.480 e. The molecule has 0 fully saturated rings. The Bertz CT molecular complexity index is 306. The highest BCUT2D eigenvalue weighted by atomic mass is 16.4. The second-order valence-electron chi connectivity index (χ2n) is 3.27. The first-order chi connectivity index (χ1) is 6.63. The van der Waals surface area contributed by atoms with Crippen molar-refractivity contribution in [3.05, 3.63) is 23.7 Å². The molecule has 0 aromatic carbocycles. The third kappa shape index (κ3) is 2.88. The molecule has 78 valence electrons. The molecule has 0 spiro atoms. The zero-order valence-electron chi connectivity index (χ0n) is 8.19. The Kier molecular flexibility index (Phi) is 3.71. The summed E-state index contributed by atoms with van der Waals surface area (Å²) in [5, 5.41) is 8.59. The third-order valence-electron chi connectivity index (χ3n) is 1.95. The molecule has 0 radical (unpaired) electrons. The van der Waals surface area contributed by atoms with E-state index < -0.39 is 12.0 Å². The smallest absolute Gasteiger partial charge is 0.320 e. The van der Waals surface area contributed by atoms with Gasteiger partial charge in [0, 0.05) is 12.8 Å². The molecule has 4 nitrogen and oxygen atoms in total. The van der Waals surface area contributed by atoms with Crippen LogP contribution in [0.15, 0.2) is 16.5 Å². The Morgan fingerprint density at radius 1 is 1.57 bits per heavy atom. The summed E-state index contributed by atoms with van der Waals surface area (Å²) in [6.07, 6.45) is 2.14. The van der Waals surface area contributed by atoms with Crippen molar-refractivity contribution in [3.8, 4) is 0 Å². The largest absolute Gasteiger partial charge is 0.480 e. The van der Waals surface area contributed by atoms with Crippen molar-refractivity contribution in [2.45, 2.75) is 32.2 Å². The van der Waals surface area contributed by atoms with Crippen LogP contribution < -0.4 is 5.73 Å². The molecule has 1 aromatic heterocycles. The maximum Gasteiger partial charge on any atom is 0.320 e. The standard InChI is InChI=1S/C10H15NO3/c1-2-3-7-4-5-8(14-7)6-9(11)10(12)13/h4-5,9H,2-3,6,11H2,1H3,(H,12,13). The van der Waals surface area contributed by atoms with Crippen LogP contribution >= 0.6 is 0 Å². The normalized spacial score (nSPS) is 12.7. The molecule has 0 aliphatic rings. The van der Waals surface area contributed by atoms with E-state index in [1.54, 1.807) is 6.07 Å². The van der Waals surface area contributed by atoms with Crippen molar-refractivity contribution in [1.82, 2.24) is 0 Å². The van der Waals surface area contributed by atoms with Crippen LogP contribution in [0, 0.1) is 0 Å². The summed E-state index contributed by atoms with van der Waals surface area (Å²) in [4.78, 5) is 10.5. The van der Waals surface area contributed by atoms with Crippen LogP contribution in [-0.2, 0) is 17.6 Å². The van der Waals surface area contributed by atoms with E-state index in [0.29, 0.717) is 5.76 Å². The first-order valence-corrected chi connectivity index (χ1v) is 4.69. The van der Waals surface area contributed by atoms with Gasteiger partial charge in [-0.2, -0.15) is 0 Å². The molecule has 4 heteroatoms. The van der Waals surface area contributed by atoms with E-state index >= 15 is 0 Å². The number of aryl methyl sites for hydroxylation is 1. The van der Waals surface area contributed by atoms with E-state index in [9.17, 15) is 4.79 Å². The van der Waals surface area contributed by atoms with E-state index in [-0.39, 0.29) is 6.42 Å². The lowest BCUT2D eigenvalue weighted by Gasteiger charge is -2.02. The highest BCUT2D eigenvalue weighted by Crippen LogP contribution is 2.11. The summed E-state index contributed by atoms with van der Waals surface area (Å²) in [5.41, 5.74) is 5.37. The molecule has 1 aromatic rings. The maximum absolute atomic E-state index is 10.5. The Balaban J connectivity index is 2.55. The average molecular weight is 197 g/mol. The topological polar surface area (TPSA) is 76.5 Å². The van der Waals surface area contributed by atoms with Crippen LogP contribution in [0.1, 0.15) is 24.9 Å². The van der Waals surface area contributed by atoms with Crippen LogP contribution in [0.25, 0.3) is 0 Å². The number of carbonyl (C=O) groups is 1. The van der Waals surface area contributed by atoms with Crippen LogP contribution in [-0.4, -0.2) is 17.1 Å². The lowest BCUT2D eigenvalue weighted by molar-refractivity contribution is -0.138. The molecular weight excluding hydrogens is 182 g/mol. The molecule has 1 rings (SSSR count). The van der Waals surface area contributed by atoms with Crippen LogP contribution in [0.5, 0.6) is 0 Å². The zero-order chi connectivity index (χ0) is 10.6. The predicted molar refractivity (Wildman–Crippen MR) is 52.0 cm³/mol. The summed E-state index contributed by atoms with van der Waals surface area (Å²) in [6, 6.07) is 2.77. The van der Waals surface area contributed by atoms with E-state index in [1.807, 2.05) is 6.07 Å². The van der Waals surface area contributed by atoms with E-state index in [0.717, 1.165) is 18.6 Å². The van der Waals surface area contributed by atoms with Crippen LogP contribution in [0.2, 0.25) is 0 Å². The fourth-order valence-corrected chi connectivity index (χ4v) is 1.22. The molecule has 0 amide bonds. The van der Waals surface area contributed by atoms with Gasteiger partial charge in [0.25, 0.3) is 0 Å². The molecule has 1 atom stereocenters. The number of carboxylic acid groups (broad SMARTS) is 1. The Hall–Kier alpha value is -1.29. The highest BCUT2D eigenvalue weighted by molar-refractivity contribution is 5.73. The second-order valence-corrected chi connectivity index (χ2v) is 3.27. The first-order valence-electron chi connectivity index (χ1n) is 4.69. The minimum absolute atomic E-state index is 0.249. The molecule has 0 bridgehead atoms. The Morgan fingerprint density at radius 3 is 2.79 bits per heavy atom. The number of furan rings is 1. The van der Waals surface area contributed by atoms with Crippen molar-refractivity contribution in [2.75, 3.05) is 0 Å². The summed E-state index contributed by atoms with van der Waals surface area (Å²) < 4.78 is 5.40. The van der Waals surface area contributed by atoms with Crippen LogP contribution in [0.3, 0.4) is 0 Å². The van der Waals surface area contributed by atoms with E-state index in [1.165, 1.54) is 0 Å². The molecule has 3 N–H and O–H groups in total. The Labute approximate surface area is 82.7 Å². The molecular formula is C10H15NO3. The minimum atomic E-state index is -1.00. The van der Waals surface area contributed by atoms with Crippen molar-refractivity contribution in [3.63, 3.8) is 0 Å². The quantitative estimate of drug-likeness (QED) is 0.743. The summed E-state index contributed by atoms with van der Waals surface area (Å²) in [5.74, 6) is 0.530. The highest BCUT2D eigenvalue weighted by Gasteiger charge is 2.14. The van der Waals surface area contributed by atoms with Gasteiger partial charge in [-0.25, -0.2) is 0 Å².